The molecule has 0 aromatic heterocycles. The fraction of sp³-hybridized carbons (Fsp3) is 0.500. The summed E-state index contributed by atoms with van der Waals surface area (Å²) >= 11 is 0. The summed E-state index contributed by atoms with van der Waals surface area (Å²) in [5, 5.41) is 6.34. The Morgan fingerprint density at radius 3 is 2.43 bits per heavy atom. The molecule has 0 unspecified atom stereocenters. The van der Waals surface area contributed by atoms with Gasteiger partial charge in [0.1, 0.15) is 11.6 Å². The van der Waals surface area contributed by atoms with Gasteiger partial charge in [0.25, 0.3) is 0 Å². The Hall–Kier alpha value is -3.26. The first-order chi connectivity index (χ1) is 13.1. The number of benzene rings is 1. The molecule has 0 spiro atoms. The van der Waals surface area contributed by atoms with Crippen LogP contribution in [0.4, 0.5) is 10.5 Å². The highest BCUT2D eigenvalue weighted by atomic mass is 16.6. The molecule has 1 saturated heterocycles. The van der Waals surface area contributed by atoms with Crippen LogP contribution in [-0.4, -0.2) is 54.2 Å². The largest absolute Gasteiger partial charge is 0.465 e. The normalized spacial score (nSPS) is 18.8. The fourth-order valence-corrected chi connectivity index (χ4v) is 2.77. The van der Waals surface area contributed by atoms with E-state index in [1.165, 1.54) is 24.1 Å². The van der Waals surface area contributed by atoms with Gasteiger partial charge in [-0.1, -0.05) is 5.11 Å². The van der Waals surface area contributed by atoms with Crippen LogP contribution in [0, 0.1) is 0 Å². The van der Waals surface area contributed by atoms with E-state index in [9.17, 15) is 14.4 Å². The molecule has 28 heavy (non-hydrogen) atoms. The van der Waals surface area contributed by atoms with Gasteiger partial charge in [0.2, 0.25) is 5.91 Å². The van der Waals surface area contributed by atoms with Crippen LogP contribution in [0.2, 0.25) is 0 Å². The summed E-state index contributed by atoms with van der Waals surface area (Å²) in [5.41, 5.74) is 8.75. The zero-order valence-corrected chi connectivity index (χ0v) is 16.2. The summed E-state index contributed by atoms with van der Waals surface area (Å²) in [7, 11) is 1.28. The molecule has 10 heteroatoms. The minimum absolute atomic E-state index is 0.0956. The third kappa shape index (κ3) is 5.37. The number of esters is 1. The minimum Gasteiger partial charge on any atom is -0.465 e. The lowest BCUT2D eigenvalue weighted by molar-refractivity contribution is -0.120. The number of amides is 2. The number of methoxy groups -OCH3 is 1. The highest BCUT2D eigenvalue weighted by Gasteiger charge is 2.41. The number of azide groups is 1. The number of carbonyl (C=O) groups is 3. The zero-order chi connectivity index (χ0) is 20.9. The molecule has 0 bridgehead atoms. The molecule has 1 fully saturated rings. The quantitative estimate of drug-likeness (QED) is 0.365. The predicted molar refractivity (Wildman–Crippen MR) is 101 cm³/mol. The van der Waals surface area contributed by atoms with Crippen molar-refractivity contribution < 1.29 is 23.9 Å². The van der Waals surface area contributed by atoms with Crippen molar-refractivity contribution in [2.75, 3.05) is 19.0 Å². The van der Waals surface area contributed by atoms with Crippen LogP contribution < -0.4 is 5.32 Å². The molecule has 150 valence electrons. The highest BCUT2D eigenvalue weighted by Crippen LogP contribution is 2.25. The molecular weight excluding hydrogens is 366 g/mol. The lowest BCUT2D eigenvalue weighted by Crippen LogP contribution is -2.45. The van der Waals surface area contributed by atoms with Gasteiger partial charge in [-0.25, -0.2) is 9.59 Å². The molecule has 1 N–H and O–H groups in total. The first kappa shape index (κ1) is 21.0. The average Bonchev–Trinajstić information content (AvgIpc) is 3.05. The Morgan fingerprint density at radius 1 is 1.25 bits per heavy atom. The van der Waals surface area contributed by atoms with Crippen LogP contribution in [0.3, 0.4) is 0 Å². The molecule has 0 aliphatic carbocycles. The number of hydrogen-bond acceptors (Lipinski definition) is 6. The molecule has 1 aromatic rings. The number of likely N-dealkylation sites (tertiary alicyclic amines) is 1. The van der Waals surface area contributed by atoms with E-state index >= 15 is 0 Å². The summed E-state index contributed by atoms with van der Waals surface area (Å²) in [6, 6.07) is 4.79. The Kier molecular flexibility index (Phi) is 6.48. The summed E-state index contributed by atoms with van der Waals surface area (Å²) in [4.78, 5) is 40.7. The second-order valence-corrected chi connectivity index (χ2v) is 7.30. The second kappa shape index (κ2) is 8.62. The maximum Gasteiger partial charge on any atom is 0.410 e. The topological polar surface area (TPSA) is 134 Å². The van der Waals surface area contributed by atoms with E-state index in [0.29, 0.717) is 11.3 Å². The van der Waals surface area contributed by atoms with Crippen molar-refractivity contribution in [3.63, 3.8) is 0 Å². The number of nitrogens with one attached hydrogen (secondary N) is 1. The van der Waals surface area contributed by atoms with E-state index in [0.717, 1.165) is 0 Å². The molecule has 2 rings (SSSR count). The third-order valence-corrected chi connectivity index (χ3v) is 4.00. The number of rotatable bonds is 4. The molecule has 1 aliphatic rings. The van der Waals surface area contributed by atoms with Crippen LogP contribution >= 0.6 is 0 Å². The van der Waals surface area contributed by atoms with Gasteiger partial charge < -0.3 is 14.8 Å². The number of anilines is 1. The third-order valence-electron chi connectivity index (χ3n) is 4.00. The van der Waals surface area contributed by atoms with E-state index in [4.69, 9.17) is 10.3 Å². The SMILES string of the molecule is COC(=O)c1ccc(NC(=O)[C@@H]2C[C@H](N=[N+]=[N-])CN2C(=O)OC(C)(C)C)cc1. The van der Waals surface area contributed by atoms with Gasteiger partial charge in [0, 0.05) is 17.1 Å². The van der Waals surface area contributed by atoms with Crippen molar-refractivity contribution in [2.45, 2.75) is 44.9 Å². The lowest BCUT2D eigenvalue weighted by Gasteiger charge is -2.28. The van der Waals surface area contributed by atoms with Crippen LogP contribution in [0.25, 0.3) is 10.4 Å². The van der Waals surface area contributed by atoms with Crippen molar-refractivity contribution in [3.8, 4) is 0 Å². The van der Waals surface area contributed by atoms with Gasteiger partial charge in [-0.2, -0.15) is 0 Å². The van der Waals surface area contributed by atoms with Gasteiger partial charge in [0.15, 0.2) is 0 Å². The summed E-state index contributed by atoms with van der Waals surface area (Å²) in [5.74, 6) is -0.922. The van der Waals surface area contributed by atoms with E-state index in [-0.39, 0.29) is 13.0 Å². The van der Waals surface area contributed by atoms with E-state index in [2.05, 4.69) is 20.1 Å². The lowest BCUT2D eigenvalue weighted by atomic mass is 10.1. The van der Waals surface area contributed by atoms with Crippen molar-refractivity contribution >= 4 is 23.7 Å². The standard InChI is InChI=1S/C18H23N5O5/c1-18(2,3)28-17(26)23-10-13(21-22-19)9-14(23)15(24)20-12-7-5-11(6-8-12)16(25)27-4/h5-8,13-14H,9-10H2,1-4H3,(H,20,24)/t13-,14-/m0/s1. The van der Waals surface area contributed by atoms with Crippen molar-refractivity contribution in [3.05, 3.63) is 40.3 Å². The number of ether oxygens (including phenoxy) is 2. The maximum atomic E-state index is 12.7. The van der Waals surface area contributed by atoms with Gasteiger partial charge >= 0.3 is 12.1 Å². The van der Waals surface area contributed by atoms with Gasteiger partial charge in [0.05, 0.1) is 18.7 Å². The van der Waals surface area contributed by atoms with Gasteiger partial charge in [-0.05, 0) is 57.0 Å². The van der Waals surface area contributed by atoms with Crippen molar-refractivity contribution in [1.29, 1.82) is 0 Å². The van der Waals surface area contributed by atoms with Crippen molar-refractivity contribution in [1.82, 2.24) is 4.90 Å². The highest BCUT2D eigenvalue weighted by molar-refractivity contribution is 5.97. The van der Waals surface area contributed by atoms with Gasteiger partial charge in [-0.3, -0.25) is 9.69 Å². The Labute approximate surface area is 162 Å². The number of nitrogens with zero attached hydrogens (tertiary/aromatic N) is 4. The predicted octanol–water partition coefficient (Wildman–Crippen LogP) is 3.10. The summed E-state index contributed by atoms with van der Waals surface area (Å²) < 4.78 is 9.98. The molecule has 0 saturated carbocycles. The molecular formula is C18H23N5O5. The molecule has 1 heterocycles. The Morgan fingerprint density at radius 2 is 1.89 bits per heavy atom. The van der Waals surface area contributed by atoms with E-state index < -0.39 is 35.7 Å². The number of carbonyl (C=O) groups excluding carboxylic acids is 3. The Bertz CT molecular complexity index is 796. The molecule has 0 radical (unpaired) electrons. The average molecular weight is 389 g/mol. The summed E-state index contributed by atoms with van der Waals surface area (Å²) in [6.07, 6.45) is -0.459. The monoisotopic (exact) mass is 389 g/mol. The fourth-order valence-electron chi connectivity index (χ4n) is 2.77. The van der Waals surface area contributed by atoms with E-state index in [1.54, 1.807) is 32.9 Å². The molecule has 2 atom stereocenters. The minimum atomic E-state index is -0.842. The molecule has 10 nitrogen and oxygen atoms in total. The molecule has 1 aromatic carbocycles. The van der Waals surface area contributed by atoms with Crippen LogP contribution in [0.5, 0.6) is 0 Å². The first-order valence-corrected chi connectivity index (χ1v) is 8.67. The maximum absolute atomic E-state index is 12.7. The molecule has 1 aliphatic heterocycles. The van der Waals surface area contributed by atoms with Crippen LogP contribution in [-0.2, 0) is 14.3 Å². The summed E-state index contributed by atoms with van der Waals surface area (Å²) in [6.45, 7) is 5.27. The number of hydrogen-bond donors (Lipinski definition) is 1. The second-order valence-electron chi connectivity index (χ2n) is 7.30. The van der Waals surface area contributed by atoms with Gasteiger partial charge in [-0.15, -0.1) is 0 Å². The van der Waals surface area contributed by atoms with Crippen LogP contribution in [0.15, 0.2) is 29.4 Å². The zero-order valence-electron chi connectivity index (χ0n) is 16.2. The smallest absolute Gasteiger partial charge is 0.410 e. The Balaban J connectivity index is 2.14. The van der Waals surface area contributed by atoms with Crippen LogP contribution in [0.1, 0.15) is 37.6 Å². The van der Waals surface area contributed by atoms with E-state index in [1.807, 2.05) is 0 Å². The van der Waals surface area contributed by atoms with Crippen molar-refractivity contribution in [2.24, 2.45) is 5.11 Å². The molecule has 2 amide bonds. The first-order valence-electron chi connectivity index (χ1n) is 8.67.